The molecule has 0 fully saturated rings. The second-order valence-electron chi connectivity index (χ2n) is 7.24. The molecular weight excluding hydrogens is 408 g/mol. The third-order valence-electron chi connectivity index (χ3n) is 4.69. The van der Waals surface area contributed by atoms with Crippen molar-refractivity contribution in [3.05, 3.63) is 88.5 Å². The highest BCUT2D eigenvalue weighted by atomic mass is 16.5. The molecule has 7 nitrogen and oxygen atoms in total. The quantitative estimate of drug-likeness (QED) is 0.224. The molecule has 1 heterocycles. The first kappa shape index (κ1) is 22.6. The van der Waals surface area contributed by atoms with E-state index in [0.29, 0.717) is 23.3 Å². The fourth-order valence-corrected chi connectivity index (χ4v) is 3.11. The number of benzene rings is 2. The molecule has 0 bridgehead atoms. The van der Waals surface area contributed by atoms with E-state index in [1.54, 1.807) is 18.2 Å². The maximum atomic E-state index is 12.7. The Bertz CT molecular complexity index is 1160. The van der Waals surface area contributed by atoms with Crippen LogP contribution in [0, 0.1) is 0 Å². The maximum Gasteiger partial charge on any atom is 0.361 e. The summed E-state index contributed by atoms with van der Waals surface area (Å²) in [6, 6.07) is 11.1. The molecule has 0 saturated carbocycles. The van der Waals surface area contributed by atoms with Crippen LogP contribution < -0.4 is 9.47 Å². The largest absolute Gasteiger partial charge is 0.496 e. The minimum absolute atomic E-state index is 0.0540. The van der Waals surface area contributed by atoms with Crippen LogP contribution in [0.5, 0.6) is 11.5 Å². The minimum Gasteiger partial charge on any atom is -0.496 e. The Morgan fingerprint density at radius 3 is 2.50 bits per heavy atom. The highest BCUT2D eigenvalue weighted by molar-refractivity contribution is 5.99. The van der Waals surface area contributed by atoms with Gasteiger partial charge in [0.25, 0.3) is 0 Å². The molecule has 0 spiro atoms. The molecule has 2 aromatic carbocycles. The minimum atomic E-state index is -1.22. The molecule has 7 heteroatoms. The summed E-state index contributed by atoms with van der Waals surface area (Å²) in [4.78, 5) is 31.5. The Morgan fingerprint density at radius 2 is 1.91 bits per heavy atom. The van der Waals surface area contributed by atoms with Gasteiger partial charge in [-0.3, -0.25) is 0 Å². The molecule has 0 aliphatic heterocycles. The number of aromatic amines is 1. The maximum absolute atomic E-state index is 12.7. The zero-order valence-corrected chi connectivity index (χ0v) is 18.1. The average molecular weight is 432 g/mol. The molecule has 32 heavy (non-hydrogen) atoms. The van der Waals surface area contributed by atoms with Crippen LogP contribution >= 0.6 is 0 Å². The summed E-state index contributed by atoms with van der Waals surface area (Å²) in [6.07, 6.45) is 8.36. The summed E-state index contributed by atoms with van der Waals surface area (Å²) in [5.74, 6) is -1.59. The molecule has 1 aromatic heterocycles. The highest BCUT2D eigenvalue weighted by Crippen LogP contribution is 2.37. The lowest BCUT2D eigenvalue weighted by Gasteiger charge is -2.17. The number of carboxylic acids is 1. The van der Waals surface area contributed by atoms with Crippen molar-refractivity contribution in [3.63, 3.8) is 0 Å². The normalized spacial score (nSPS) is 10.7. The van der Waals surface area contributed by atoms with E-state index in [1.807, 2.05) is 50.3 Å². The van der Waals surface area contributed by atoms with Crippen LogP contribution in [0.15, 0.2) is 60.6 Å². The standard InChI is InChI=1S/C25H24N2O5/c1-16(2)9-12-19-21(31-3)13-18(11-10-17-7-5-4-6-8-17)22(24(28)29)23(19)32-25(30)20-14-26-15-27-20/h4-11,13-15H,12H2,1-3H3,(H,26,27)(H,28,29)/b11-10+. The van der Waals surface area contributed by atoms with Gasteiger partial charge in [0.15, 0.2) is 5.75 Å². The van der Waals surface area contributed by atoms with Crippen LogP contribution in [0.4, 0.5) is 0 Å². The summed E-state index contributed by atoms with van der Waals surface area (Å²) in [7, 11) is 1.49. The van der Waals surface area contributed by atoms with Gasteiger partial charge in [0, 0.05) is 5.56 Å². The van der Waals surface area contributed by atoms with Crippen LogP contribution in [-0.4, -0.2) is 34.1 Å². The van der Waals surface area contributed by atoms with Crippen molar-refractivity contribution < 1.29 is 24.2 Å². The topological polar surface area (TPSA) is 102 Å². The highest BCUT2D eigenvalue weighted by Gasteiger charge is 2.26. The van der Waals surface area contributed by atoms with Gasteiger partial charge in [-0.2, -0.15) is 0 Å². The van der Waals surface area contributed by atoms with E-state index in [-0.39, 0.29) is 17.0 Å². The fraction of sp³-hybridized carbons (Fsp3) is 0.160. The molecule has 0 atom stereocenters. The molecule has 0 radical (unpaired) electrons. The number of nitrogens with one attached hydrogen (secondary N) is 1. The first-order valence-electron chi connectivity index (χ1n) is 9.95. The second kappa shape index (κ2) is 10.3. The van der Waals surface area contributed by atoms with Gasteiger partial charge < -0.3 is 19.6 Å². The molecule has 0 saturated heterocycles. The van der Waals surface area contributed by atoms with Crippen molar-refractivity contribution >= 4 is 24.1 Å². The van der Waals surface area contributed by atoms with Crippen LogP contribution in [0.2, 0.25) is 0 Å². The Morgan fingerprint density at radius 1 is 1.16 bits per heavy atom. The molecule has 0 aliphatic rings. The van der Waals surface area contributed by atoms with Crippen LogP contribution in [0.1, 0.15) is 51.4 Å². The van der Waals surface area contributed by atoms with Crippen LogP contribution in [0.3, 0.4) is 0 Å². The number of hydrogen-bond donors (Lipinski definition) is 2. The van der Waals surface area contributed by atoms with E-state index < -0.39 is 11.9 Å². The van der Waals surface area contributed by atoms with Gasteiger partial charge >= 0.3 is 11.9 Å². The molecule has 3 rings (SSSR count). The number of imidazole rings is 1. The van der Waals surface area contributed by atoms with Gasteiger partial charge in [-0.15, -0.1) is 0 Å². The predicted molar refractivity (Wildman–Crippen MR) is 122 cm³/mol. The van der Waals surface area contributed by atoms with E-state index in [9.17, 15) is 14.7 Å². The predicted octanol–water partition coefficient (Wildman–Crippen LogP) is 5.01. The van der Waals surface area contributed by atoms with E-state index in [4.69, 9.17) is 9.47 Å². The number of carbonyl (C=O) groups is 2. The van der Waals surface area contributed by atoms with Gasteiger partial charge in [-0.25, -0.2) is 14.6 Å². The second-order valence-corrected chi connectivity index (χ2v) is 7.24. The number of carboxylic acid groups (broad SMARTS) is 1. The van der Waals surface area contributed by atoms with Crippen LogP contribution in [-0.2, 0) is 6.42 Å². The summed E-state index contributed by atoms with van der Waals surface area (Å²) in [5.41, 5.74) is 2.74. The molecule has 0 amide bonds. The smallest absolute Gasteiger partial charge is 0.361 e. The first-order valence-corrected chi connectivity index (χ1v) is 9.95. The van der Waals surface area contributed by atoms with Gasteiger partial charge in [-0.1, -0.05) is 54.1 Å². The lowest BCUT2D eigenvalue weighted by Crippen LogP contribution is -2.15. The Balaban J connectivity index is 2.19. The summed E-state index contributed by atoms with van der Waals surface area (Å²) in [6.45, 7) is 3.86. The van der Waals surface area contributed by atoms with Gasteiger partial charge in [0.2, 0.25) is 0 Å². The number of hydrogen-bond acceptors (Lipinski definition) is 5. The number of esters is 1. The van der Waals surface area contributed by atoms with Crippen molar-refractivity contribution in [2.45, 2.75) is 20.3 Å². The molecule has 2 N–H and O–H groups in total. The van der Waals surface area contributed by atoms with Crippen molar-refractivity contribution in [1.82, 2.24) is 9.97 Å². The zero-order valence-electron chi connectivity index (χ0n) is 18.1. The monoisotopic (exact) mass is 432 g/mol. The molecule has 0 aliphatic carbocycles. The molecule has 164 valence electrons. The lowest BCUT2D eigenvalue weighted by atomic mass is 9.97. The number of aromatic nitrogens is 2. The zero-order chi connectivity index (χ0) is 23.1. The third-order valence-corrected chi connectivity index (χ3v) is 4.69. The Hall–Kier alpha value is -4.13. The van der Waals surface area contributed by atoms with E-state index in [2.05, 4.69) is 9.97 Å². The number of aromatic carboxylic acids is 1. The summed E-state index contributed by atoms with van der Waals surface area (Å²) in [5, 5.41) is 10.1. The van der Waals surface area contributed by atoms with Crippen LogP contribution in [0.25, 0.3) is 12.2 Å². The van der Waals surface area contributed by atoms with Gasteiger partial charge in [0.1, 0.15) is 17.0 Å². The number of methoxy groups -OCH3 is 1. The number of rotatable bonds is 8. The average Bonchev–Trinajstić information content (AvgIpc) is 3.32. The van der Waals surface area contributed by atoms with Crippen molar-refractivity contribution in [3.8, 4) is 11.5 Å². The van der Waals surface area contributed by atoms with Gasteiger partial charge in [-0.05, 0) is 37.5 Å². The lowest BCUT2D eigenvalue weighted by molar-refractivity contribution is 0.0679. The first-order chi connectivity index (χ1) is 15.4. The number of nitrogens with zero attached hydrogens (tertiary/aromatic N) is 1. The number of carbonyl (C=O) groups excluding carboxylic acids is 1. The van der Waals surface area contributed by atoms with Gasteiger partial charge in [0.05, 0.1) is 19.6 Å². The SMILES string of the molecule is COc1cc(/C=C/c2ccccc2)c(C(=O)O)c(OC(=O)c2cnc[nH]2)c1CC=C(C)C. The number of ether oxygens (including phenoxy) is 2. The van der Waals surface area contributed by atoms with E-state index in [1.165, 1.54) is 19.6 Å². The molecule has 3 aromatic rings. The molecule has 0 unspecified atom stereocenters. The fourth-order valence-electron chi connectivity index (χ4n) is 3.11. The summed E-state index contributed by atoms with van der Waals surface area (Å²) < 4.78 is 11.2. The van der Waals surface area contributed by atoms with Crippen molar-refractivity contribution in [2.75, 3.05) is 7.11 Å². The van der Waals surface area contributed by atoms with Crippen molar-refractivity contribution in [1.29, 1.82) is 0 Å². The number of allylic oxidation sites excluding steroid dienone is 2. The Labute approximate surface area is 186 Å². The van der Waals surface area contributed by atoms with E-state index in [0.717, 1.165) is 11.1 Å². The third kappa shape index (κ3) is 5.31. The Kier molecular flexibility index (Phi) is 7.23. The molecular formula is C25H24N2O5. The van der Waals surface area contributed by atoms with Crippen molar-refractivity contribution in [2.24, 2.45) is 0 Å². The number of H-pyrrole nitrogens is 1. The summed E-state index contributed by atoms with van der Waals surface area (Å²) >= 11 is 0. The van der Waals surface area contributed by atoms with E-state index >= 15 is 0 Å².